The maximum Gasteiger partial charge on any atom is 0.303 e. The molecule has 6 heteroatoms. The van der Waals surface area contributed by atoms with Gasteiger partial charge in [0.15, 0.2) is 0 Å². The molecule has 0 bridgehead atoms. The number of benzene rings is 1. The Morgan fingerprint density at radius 1 is 1.17 bits per heavy atom. The van der Waals surface area contributed by atoms with Crippen LogP contribution in [-0.4, -0.2) is 28.6 Å². The van der Waals surface area contributed by atoms with Gasteiger partial charge in [-0.15, -0.1) is 0 Å². The highest BCUT2D eigenvalue weighted by molar-refractivity contribution is 5.92. The Balaban J connectivity index is 1.79. The van der Waals surface area contributed by atoms with Crippen molar-refractivity contribution in [3.8, 4) is 5.75 Å². The van der Waals surface area contributed by atoms with E-state index in [0.29, 0.717) is 31.0 Å². The smallest absolute Gasteiger partial charge is 0.303 e. The number of rotatable bonds is 8. The number of hydrogen-bond acceptors (Lipinski definition) is 4. The Kier molecular flexibility index (Phi) is 6.31. The van der Waals surface area contributed by atoms with E-state index in [4.69, 9.17) is 9.84 Å². The Labute approximate surface area is 140 Å². The largest absolute Gasteiger partial charge is 0.494 e. The first-order valence-electron chi connectivity index (χ1n) is 7.70. The van der Waals surface area contributed by atoms with Crippen LogP contribution in [0.3, 0.4) is 0 Å². The molecule has 2 aromatic rings. The van der Waals surface area contributed by atoms with Gasteiger partial charge in [-0.2, -0.15) is 0 Å². The van der Waals surface area contributed by atoms with Crippen molar-refractivity contribution in [3.63, 3.8) is 0 Å². The first-order chi connectivity index (χ1) is 11.5. The Hall–Kier alpha value is -2.89. The Morgan fingerprint density at radius 3 is 2.58 bits per heavy atom. The number of carbonyl (C=O) groups excluding carboxylic acids is 1. The van der Waals surface area contributed by atoms with Crippen LogP contribution in [0.25, 0.3) is 0 Å². The number of pyridine rings is 1. The van der Waals surface area contributed by atoms with Gasteiger partial charge in [-0.25, -0.2) is 4.98 Å². The molecule has 0 unspecified atom stereocenters. The average Bonchev–Trinajstić information content (AvgIpc) is 2.57. The number of aromatic nitrogens is 1. The Morgan fingerprint density at radius 2 is 1.92 bits per heavy atom. The zero-order valence-electron chi connectivity index (χ0n) is 13.5. The predicted octanol–water partition coefficient (Wildman–Crippen LogP) is 2.56. The van der Waals surface area contributed by atoms with Crippen LogP contribution in [0.2, 0.25) is 0 Å². The third-order valence-electron chi connectivity index (χ3n) is 3.30. The third-order valence-corrected chi connectivity index (χ3v) is 3.30. The van der Waals surface area contributed by atoms with Crippen molar-refractivity contribution in [1.82, 2.24) is 10.3 Å². The van der Waals surface area contributed by atoms with Gasteiger partial charge in [0.2, 0.25) is 0 Å². The van der Waals surface area contributed by atoms with Gasteiger partial charge in [0.05, 0.1) is 6.61 Å². The lowest BCUT2D eigenvalue weighted by Crippen LogP contribution is -2.23. The highest BCUT2D eigenvalue weighted by atomic mass is 16.5. The number of nitrogens with one attached hydrogen (secondary N) is 1. The van der Waals surface area contributed by atoms with Crippen LogP contribution in [0, 0.1) is 6.92 Å². The van der Waals surface area contributed by atoms with Crippen LogP contribution in [0.1, 0.15) is 34.6 Å². The van der Waals surface area contributed by atoms with Gasteiger partial charge in [-0.3, -0.25) is 9.59 Å². The fourth-order valence-electron chi connectivity index (χ4n) is 2.06. The van der Waals surface area contributed by atoms with E-state index < -0.39 is 5.97 Å². The molecule has 126 valence electrons. The molecule has 1 amide bonds. The molecule has 1 heterocycles. The normalized spacial score (nSPS) is 10.2. The highest BCUT2D eigenvalue weighted by Gasteiger charge is 2.06. The number of hydrogen-bond donors (Lipinski definition) is 2. The van der Waals surface area contributed by atoms with E-state index in [2.05, 4.69) is 10.3 Å². The minimum absolute atomic E-state index is 0.0944. The second kappa shape index (κ2) is 8.67. The molecular weight excluding hydrogens is 308 g/mol. The van der Waals surface area contributed by atoms with Crippen LogP contribution in [0.5, 0.6) is 5.75 Å². The van der Waals surface area contributed by atoms with Crippen LogP contribution < -0.4 is 10.1 Å². The molecule has 2 N–H and O–H groups in total. The summed E-state index contributed by atoms with van der Waals surface area (Å²) in [7, 11) is 0. The van der Waals surface area contributed by atoms with Crippen LogP contribution in [0.4, 0.5) is 0 Å². The monoisotopic (exact) mass is 328 g/mol. The molecule has 2 rings (SSSR count). The van der Waals surface area contributed by atoms with Gasteiger partial charge in [-0.1, -0.05) is 18.2 Å². The SMILES string of the molecule is Cc1cccc(C(=O)NCc2ccc(OCCCC(=O)O)cc2)n1. The van der Waals surface area contributed by atoms with E-state index in [-0.39, 0.29) is 12.3 Å². The first kappa shape index (κ1) is 17.5. The molecule has 1 aromatic carbocycles. The second-order valence-corrected chi connectivity index (χ2v) is 5.34. The molecule has 6 nitrogen and oxygen atoms in total. The summed E-state index contributed by atoms with van der Waals surface area (Å²) in [5.41, 5.74) is 2.13. The van der Waals surface area contributed by atoms with Crippen molar-refractivity contribution in [1.29, 1.82) is 0 Å². The molecule has 0 aliphatic rings. The molecular formula is C18H20N2O4. The first-order valence-corrected chi connectivity index (χ1v) is 7.70. The number of carboxylic acid groups (broad SMARTS) is 1. The lowest BCUT2D eigenvalue weighted by atomic mass is 10.2. The van der Waals surface area contributed by atoms with Crippen LogP contribution >= 0.6 is 0 Å². The van der Waals surface area contributed by atoms with Crippen molar-refractivity contribution in [2.75, 3.05) is 6.61 Å². The lowest BCUT2D eigenvalue weighted by molar-refractivity contribution is -0.137. The zero-order chi connectivity index (χ0) is 17.4. The molecule has 0 radical (unpaired) electrons. The van der Waals surface area contributed by atoms with E-state index in [1.807, 2.05) is 25.1 Å². The highest BCUT2D eigenvalue weighted by Crippen LogP contribution is 2.13. The van der Waals surface area contributed by atoms with Crippen molar-refractivity contribution < 1.29 is 19.4 Å². The lowest BCUT2D eigenvalue weighted by Gasteiger charge is -2.08. The summed E-state index contributed by atoms with van der Waals surface area (Å²) in [6.45, 7) is 2.60. The maximum absolute atomic E-state index is 12.0. The number of ether oxygens (including phenoxy) is 1. The van der Waals surface area contributed by atoms with Gasteiger partial charge in [-0.05, 0) is 43.2 Å². The number of carboxylic acids is 1. The molecule has 0 spiro atoms. The molecule has 0 saturated carbocycles. The van der Waals surface area contributed by atoms with Crippen molar-refractivity contribution in [3.05, 3.63) is 59.4 Å². The van der Waals surface area contributed by atoms with Crippen molar-refractivity contribution >= 4 is 11.9 Å². The molecule has 1 aromatic heterocycles. The summed E-state index contributed by atoms with van der Waals surface area (Å²) in [6.07, 6.45) is 0.563. The van der Waals surface area contributed by atoms with Gasteiger partial charge in [0.25, 0.3) is 5.91 Å². The number of carbonyl (C=O) groups is 2. The standard InChI is InChI=1S/C18H20N2O4/c1-13-4-2-5-16(20-13)18(23)19-12-14-7-9-15(10-8-14)24-11-3-6-17(21)22/h2,4-5,7-10H,3,6,11-12H2,1H3,(H,19,23)(H,21,22). The molecule has 0 aliphatic heterocycles. The maximum atomic E-state index is 12.0. The van der Waals surface area contributed by atoms with E-state index in [1.54, 1.807) is 24.3 Å². The minimum atomic E-state index is -0.826. The molecule has 0 saturated heterocycles. The summed E-state index contributed by atoms with van der Waals surface area (Å²) < 4.78 is 5.46. The van der Waals surface area contributed by atoms with E-state index in [0.717, 1.165) is 11.3 Å². The van der Waals surface area contributed by atoms with E-state index in [9.17, 15) is 9.59 Å². The van der Waals surface area contributed by atoms with Crippen LogP contribution in [-0.2, 0) is 11.3 Å². The number of aryl methyl sites for hydroxylation is 1. The summed E-state index contributed by atoms with van der Waals surface area (Å²) in [6, 6.07) is 12.6. The Bertz CT molecular complexity index is 698. The fourth-order valence-corrected chi connectivity index (χ4v) is 2.06. The van der Waals surface area contributed by atoms with E-state index in [1.165, 1.54) is 0 Å². The predicted molar refractivity (Wildman–Crippen MR) is 89.0 cm³/mol. The molecule has 0 fully saturated rings. The summed E-state index contributed by atoms with van der Waals surface area (Å²) in [4.78, 5) is 26.6. The number of aliphatic carboxylic acids is 1. The summed E-state index contributed by atoms with van der Waals surface area (Å²) in [5, 5.41) is 11.4. The number of nitrogens with zero attached hydrogens (tertiary/aromatic N) is 1. The fraction of sp³-hybridized carbons (Fsp3) is 0.278. The average molecular weight is 328 g/mol. The zero-order valence-corrected chi connectivity index (χ0v) is 13.5. The van der Waals surface area contributed by atoms with E-state index >= 15 is 0 Å². The van der Waals surface area contributed by atoms with Crippen molar-refractivity contribution in [2.24, 2.45) is 0 Å². The van der Waals surface area contributed by atoms with Gasteiger partial charge < -0.3 is 15.2 Å². The quantitative estimate of drug-likeness (QED) is 0.727. The summed E-state index contributed by atoms with van der Waals surface area (Å²) >= 11 is 0. The van der Waals surface area contributed by atoms with Gasteiger partial charge in [0.1, 0.15) is 11.4 Å². The van der Waals surface area contributed by atoms with Gasteiger partial charge in [0, 0.05) is 18.7 Å². The molecule has 24 heavy (non-hydrogen) atoms. The van der Waals surface area contributed by atoms with Crippen molar-refractivity contribution in [2.45, 2.75) is 26.3 Å². The second-order valence-electron chi connectivity index (χ2n) is 5.34. The topological polar surface area (TPSA) is 88.5 Å². The molecule has 0 aliphatic carbocycles. The van der Waals surface area contributed by atoms with Crippen LogP contribution in [0.15, 0.2) is 42.5 Å². The molecule has 0 atom stereocenters. The number of amides is 1. The minimum Gasteiger partial charge on any atom is -0.494 e. The van der Waals surface area contributed by atoms with Gasteiger partial charge >= 0.3 is 5.97 Å². The third kappa shape index (κ3) is 5.72. The summed E-state index contributed by atoms with van der Waals surface area (Å²) in [5.74, 6) is -0.365.